The summed E-state index contributed by atoms with van der Waals surface area (Å²) in [6, 6.07) is 10.4. The zero-order valence-electron chi connectivity index (χ0n) is 17.5. The van der Waals surface area contributed by atoms with E-state index in [1.165, 1.54) is 0 Å². The fraction of sp³-hybridized carbons (Fsp3) is 0.682. The minimum Gasteiger partial charge on any atom is -0.389 e. The molecule has 6 heteroatoms. The summed E-state index contributed by atoms with van der Waals surface area (Å²) in [5.41, 5.74) is 1.19. The molecule has 1 aliphatic carbocycles. The highest BCUT2D eigenvalue weighted by Gasteiger charge is 2.59. The minimum absolute atomic E-state index is 0.0544. The summed E-state index contributed by atoms with van der Waals surface area (Å²) in [7, 11) is 0. The molecule has 0 bridgehead atoms. The van der Waals surface area contributed by atoms with Crippen LogP contribution < -0.4 is 10.6 Å². The highest BCUT2D eigenvalue weighted by atomic mass is 16.5. The van der Waals surface area contributed by atoms with Crippen molar-refractivity contribution in [3.05, 3.63) is 35.9 Å². The highest BCUT2D eigenvalue weighted by molar-refractivity contribution is 5.80. The van der Waals surface area contributed by atoms with Gasteiger partial charge in [-0.25, -0.2) is 0 Å². The number of benzene rings is 1. The van der Waals surface area contributed by atoms with E-state index < -0.39 is 6.10 Å². The first-order valence-corrected chi connectivity index (χ1v) is 10.4. The molecule has 0 aromatic heterocycles. The zero-order valence-corrected chi connectivity index (χ0v) is 17.5. The topological polar surface area (TPSA) is 75.1 Å². The molecule has 28 heavy (non-hydrogen) atoms. The molecular weight excluding hydrogens is 354 g/mol. The smallest absolute Gasteiger partial charge is 0.191 e. The van der Waals surface area contributed by atoms with Crippen LogP contribution in [-0.4, -0.2) is 55.6 Å². The van der Waals surface area contributed by atoms with Gasteiger partial charge in [-0.3, -0.25) is 4.99 Å². The normalized spacial score (nSPS) is 28.2. The molecule has 2 fully saturated rings. The number of hydrogen-bond donors (Lipinski definition) is 3. The van der Waals surface area contributed by atoms with Crippen molar-refractivity contribution in [2.45, 2.75) is 58.5 Å². The van der Waals surface area contributed by atoms with Gasteiger partial charge in [-0.2, -0.15) is 0 Å². The van der Waals surface area contributed by atoms with Crippen LogP contribution in [0.25, 0.3) is 0 Å². The Morgan fingerprint density at radius 3 is 2.82 bits per heavy atom. The lowest BCUT2D eigenvalue weighted by molar-refractivity contribution is -0.106. The molecule has 0 spiro atoms. The van der Waals surface area contributed by atoms with Crippen molar-refractivity contribution >= 4 is 5.96 Å². The van der Waals surface area contributed by atoms with Gasteiger partial charge in [0, 0.05) is 30.5 Å². The predicted molar refractivity (Wildman–Crippen MR) is 111 cm³/mol. The molecule has 0 radical (unpaired) electrons. The number of aliphatic imine (C=N–C) groups is 1. The van der Waals surface area contributed by atoms with Crippen LogP contribution in [0, 0.1) is 11.3 Å². The van der Waals surface area contributed by atoms with Crippen LogP contribution in [0.2, 0.25) is 0 Å². The van der Waals surface area contributed by atoms with E-state index in [9.17, 15) is 5.11 Å². The van der Waals surface area contributed by atoms with Gasteiger partial charge in [-0.15, -0.1) is 0 Å². The zero-order chi connectivity index (χ0) is 20.1. The second-order valence-electron chi connectivity index (χ2n) is 8.45. The van der Waals surface area contributed by atoms with E-state index in [0.29, 0.717) is 24.6 Å². The molecule has 1 saturated heterocycles. The maximum absolute atomic E-state index is 10.3. The first-order valence-electron chi connectivity index (χ1n) is 10.4. The second-order valence-corrected chi connectivity index (χ2v) is 8.45. The summed E-state index contributed by atoms with van der Waals surface area (Å²) in [4.78, 5) is 4.59. The monoisotopic (exact) mass is 389 g/mol. The average Bonchev–Trinajstić information content (AvgIpc) is 3.16. The number of nitrogens with zero attached hydrogens (tertiary/aromatic N) is 1. The Hall–Kier alpha value is -1.63. The SMILES string of the molecule is CCNC(=NCC(O)COC(C)c1ccccc1)NC1C2CCOC2C1(C)C. The van der Waals surface area contributed by atoms with E-state index in [2.05, 4.69) is 29.5 Å². The minimum atomic E-state index is -0.640. The summed E-state index contributed by atoms with van der Waals surface area (Å²) in [6.45, 7) is 10.7. The van der Waals surface area contributed by atoms with Crippen molar-refractivity contribution in [2.24, 2.45) is 16.3 Å². The summed E-state index contributed by atoms with van der Waals surface area (Å²) in [5, 5.41) is 17.2. The van der Waals surface area contributed by atoms with E-state index in [1.807, 2.05) is 44.2 Å². The lowest BCUT2D eigenvalue weighted by Gasteiger charge is -2.54. The van der Waals surface area contributed by atoms with Crippen LogP contribution in [-0.2, 0) is 9.47 Å². The van der Waals surface area contributed by atoms with Gasteiger partial charge in [0.15, 0.2) is 5.96 Å². The van der Waals surface area contributed by atoms with E-state index in [-0.39, 0.29) is 18.1 Å². The molecule has 0 amide bonds. The van der Waals surface area contributed by atoms with Gasteiger partial charge in [0.2, 0.25) is 0 Å². The van der Waals surface area contributed by atoms with E-state index in [0.717, 1.165) is 31.1 Å². The Morgan fingerprint density at radius 1 is 1.36 bits per heavy atom. The van der Waals surface area contributed by atoms with Crippen LogP contribution in [0.1, 0.15) is 45.8 Å². The Balaban J connectivity index is 1.50. The van der Waals surface area contributed by atoms with Gasteiger partial charge in [-0.05, 0) is 25.8 Å². The number of rotatable bonds is 8. The summed E-state index contributed by atoms with van der Waals surface area (Å²) in [5.74, 6) is 1.29. The molecule has 6 nitrogen and oxygen atoms in total. The number of hydrogen-bond acceptors (Lipinski definition) is 4. The number of aliphatic hydroxyl groups is 1. The number of nitrogens with one attached hydrogen (secondary N) is 2. The first-order chi connectivity index (χ1) is 13.4. The largest absolute Gasteiger partial charge is 0.389 e. The molecule has 156 valence electrons. The van der Waals surface area contributed by atoms with Crippen molar-refractivity contribution in [1.29, 1.82) is 0 Å². The number of fused-ring (bicyclic) bond motifs is 1. The number of ether oxygens (including phenoxy) is 2. The molecule has 5 atom stereocenters. The second kappa shape index (κ2) is 9.25. The van der Waals surface area contributed by atoms with Crippen LogP contribution in [0.3, 0.4) is 0 Å². The van der Waals surface area contributed by atoms with Gasteiger partial charge in [0.1, 0.15) is 0 Å². The van der Waals surface area contributed by atoms with Crippen molar-refractivity contribution in [1.82, 2.24) is 10.6 Å². The number of guanidine groups is 1. The fourth-order valence-electron chi connectivity index (χ4n) is 4.41. The van der Waals surface area contributed by atoms with E-state index in [1.54, 1.807) is 0 Å². The molecule has 1 saturated carbocycles. The highest BCUT2D eigenvalue weighted by Crippen LogP contribution is 2.52. The molecular formula is C22H35N3O3. The number of aliphatic hydroxyl groups excluding tert-OH is 1. The van der Waals surface area contributed by atoms with Crippen LogP contribution in [0.15, 0.2) is 35.3 Å². The quantitative estimate of drug-likeness (QED) is 0.470. The molecule has 3 N–H and O–H groups in total. The Labute approximate surface area is 168 Å². The molecule has 1 aliphatic heterocycles. The Bertz CT molecular complexity index is 650. The molecule has 2 aliphatic rings. The first kappa shape index (κ1) is 21.1. The lowest BCUT2D eigenvalue weighted by atomic mass is 9.57. The fourth-order valence-corrected chi connectivity index (χ4v) is 4.41. The van der Waals surface area contributed by atoms with Crippen molar-refractivity contribution < 1.29 is 14.6 Å². The van der Waals surface area contributed by atoms with E-state index >= 15 is 0 Å². The third kappa shape index (κ3) is 4.67. The van der Waals surface area contributed by atoms with Gasteiger partial charge in [0.05, 0.1) is 31.5 Å². The molecule has 3 rings (SSSR count). The lowest BCUT2D eigenvalue weighted by Crippen LogP contribution is -2.68. The standard InChI is InChI=1S/C22H35N3O3/c1-5-23-21(25-19-18-11-12-27-20(18)22(19,3)4)24-13-17(26)14-28-15(2)16-9-7-6-8-10-16/h6-10,15,17-20,26H,5,11-14H2,1-4H3,(H2,23,24,25). The average molecular weight is 390 g/mol. The van der Waals surface area contributed by atoms with Crippen molar-refractivity contribution in [3.8, 4) is 0 Å². The van der Waals surface area contributed by atoms with Crippen LogP contribution in [0.5, 0.6) is 0 Å². The molecule has 1 aromatic carbocycles. The van der Waals surface area contributed by atoms with Gasteiger partial charge >= 0.3 is 0 Å². The van der Waals surface area contributed by atoms with E-state index in [4.69, 9.17) is 9.47 Å². The van der Waals surface area contributed by atoms with Crippen LogP contribution >= 0.6 is 0 Å². The maximum atomic E-state index is 10.3. The molecule has 1 aromatic rings. The van der Waals surface area contributed by atoms with Crippen molar-refractivity contribution in [3.63, 3.8) is 0 Å². The van der Waals surface area contributed by atoms with Crippen molar-refractivity contribution in [2.75, 3.05) is 26.3 Å². The Kier molecular flexibility index (Phi) is 6.96. The molecule has 5 unspecified atom stereocenters. The predicted octanol–water partition coefficient (Wildman–Crippen LogP) is 2.49. The van der Waals surface area contributed by atoms with Gasteiger partial charge in [-0.1, -0.05) is 44.2 Å². The summed E-state index contributed by atoms with van der Waals surface area (Å²) < 4.78 is 11.7. The summed E-state index contributed by atoms with van der Waals surface area (Å²) >= 11 is 0. The Morgan fingerprint density at radius 2 is 2.11 bits per heavy atom. The van der Waals surface area contributed by atoms with Gasteiger partial charge < -0.3 is 25.2 Å². The van der Waals surface area contributed by atoms with Crippen LogP contribution in [0.4, 0.5) is 0 Å². The van der Waals surface area contributed by atoms with Gasteiger partial charge in [0.25, 0.3) is 0 Å². The maximum Gasteiger partial charge on any atom is 0.191 e. The third-order valence-corrected chi connectivity index (χ3v) is 6.00. The molecule has 1 heterocycles. The summed E-state index contributed by atoms with van der Waals surface area (Å²) in [6.07, 6.45) is 0.741. The third-order valence-electron chi connectivity index (χ3n) is 6.00.